The Morgan fingerprint density at radius 1 is 1.27 bits per heavy atom. The maximum atomic E-state index is 11.6. The summed E-state index contributed by atoms with van der Waals surface area (Å²) in [5.41, 5.74) is 2.26. The van der Waals surface area contributed by atoms with Gasteiger partial charge in [-0.05, 0) is 6.07 Å². The number of benzene rings is 1. The maximum absolute atomic E-state index is 11.6. The highest BCUT2D eigenvalue weighted by molar-refractivity contribution is 5.99. The summed E-state index contributed by atoms with van der Waals surface area (Å²) in [5, 5.41) is 12.5. The Bertz CT molecular complexity index is 620. The predicted molar refractivity (Wildman–Crippen MR) is 59.8 cm³/mol. The smallest absolute Gasteiger partial charge is 0.226 e. The van der Waals surface area contributed by atoms with E-state index in [1.54, 1.807) is 12.4 Å². The van der Waals surface area contributed by atoms with Crippen LogP contribution in [0.3, 0.4) is 0 Å². The number of pyridine rings is 1. The van der Waals surface area contributed by atoms with Crippen LogP contribution in [0.5, 0.6) is 0 Å². The predicted octanol–water partition coefficient (Wildman–Crippen LogP) is 1.77. The van der Waals surface area contributed by atoms with Gasteiger partial charge in [-0.3, -0.25) is 0 Å². The van der Waals surface area contributed by atoms with Crippen LogP contribution < -0.4 is 4.73 Å². The maximum Gasteiger partial charge on any atom is 0.226 e. The molecule has 3 aromatic rings. The van der Waals surface area contributed by atoms with Crippen LogP contribution in [-0.2, 0) is 0 Å². The summed E-state index contributed by atoms with van der Waals surface area (Å²) in [6.07, 6.45) is 3.07. The molecule has 0 amide bonds. The Labute approximate surface area is 91.6 Å². The molecule has 0 atom stereocenters. The zero-order valence-corrected chi connectivity index (χ0v) is 8.49. The van der Waals surface area contributed by atoms with Gasteiger partial charge >= 0.3 is 0 Å². The fourth-order valence-electron chi connectivity index (χ4n) is 1.68. The zero-order chi connectivity index (χ0) is 9.54. The molecule has 1 aromatic carbocycles. The molecule has 0 saturated carbocycles. The first-order valence-electron chi connectivity index (χ1n) is 4.30. The molecule has 0 aliphatic rings. The normalized spacial score (nSPS) is 10.4. The lowest BCUT2D eigenvalue weighted by Crippen LogP contribution is -2.26. The molecule has 0 aliphatic heterocycles. The van der Waals surface area contributed by atoms with Crippen LogP contribution in [0.15, 0.2) is 36.8 Å². The summed E-state index contributed by atoms with van der Waals surface area (Å²) in [6, 6.07) is 7.45. The van der Waals surface area contributed by atoms with E-state index >= 15 is 0 Å². The van der Waals surface area contributed by atoms with Crippen molar-refractivity contribution in [2.45, 2.75) is 0 Å². The van der Waals surface area contributed by atoms with E-state index in [0.717, 1.165) is 15.6 Å². The summed E-state index contributed by atoms with van der Waals surface area (Å²) in [7, 11) is 0. The number of aromatic nitrogens is 3. The number of nitrogens with one attached hydrogen (secondary N) is 1. The van der Waals surface area contributed by atoms with Crippen LogP contribution in [0.25, 0.3) is 21.9 Å². The van der Waals surface area contributed by atoms with Crippen molar-refractivity contribution < 1.29 is 4.73 Å². The van der Waals surface area contributed by atoms with Gasteiger partial charge in [0.15, 0.2) is 5.52 Å². The van der Waals surface area contributed by atoms with Crippen LogP contribution >= 0.6 is 12.4 Å². The minimum absolute atomic E-state index is 0. The molecule has 15 heavy (non-hydrogen) atoms. The third-order valence-electron chi connectivity index (χ3n) is 2.32. The molecule has 0 unspecified atom stereocenters. The lowest BCUT2D eigenvalue weighted by atomic mass is 10.2. The first kappa shape index (κ1) is 9.73. The van der Waals surface area contributed by atoms with Gasteiger partial charge < -0.3 is 10.2 Å². The zero-order valence-electron chi connectivity index (χ0n) is 7.68. The second-order valence-corrected chi connectivity index (χ2v) is 3.13. The number of halogens is 1. The molecule has 0 radical (unpaired) electrons. The fourth-order valence-corrected chi connectivity index (χ4v) is 1.68. The molecular formula is C10H8ClN3O. The largest absolute Gasteiger partial charge is 0.618 e. The van der Waals surface area contributed by atoms with Crippen LogP contribution in [0, 0.1) is 5.21 Å². The Kier molecular flexibility index (Phi) is 2.21. The molecule has 1 N–H and O–H groups in total. The van der Waals surface area contributed by atoms with Crippen molar-refractivity contribution in [3.63, 3.8) is 0 Å². The SMILES string of the molecule is Cl.[O-][n+]1cc2nc[nH]c2c2ccccc21. The molecule has 2 heterocycles. The number of hydrogen-bond acceptors (Lipinski definition) is 2. The summed E-state index contributed by atoms with van der Waals surface area (Å²) in [4.78, 5) is 7.08. The number of imidazole rings is 1. The molecule has 0 bridgehead atoms. The molecular weight excluding hydrogens is 214 g/mol. The highest BCUT2D eigenvalue weighted by Gasteiger charge is 2.09. The molecule has 3 rings (SSSR count). The lowest BCUT2D eigenvalue weighted by Gasteiger charge is -2.00. The molecule has 4 nitrogen and oxygen atoms in total. The van der Waals surface area contributed by atoms with E-state index in [2.05, 4.69) is 9.97 Å². The standard InChI is InChI=1S/C10H7N3O.ClH/c14-13-5-8-10(12-6-11-8)7-3-1-2-4-9(7)13;/h1-6H,(H,11,12);1H. The van der Waals surface area contributed by atoms with Crippen LogP contribution in [0.2, 0.25) is 0 Å². The van der Waals surface area contributed by atoms with Crippen molar-refractivity contribution in [3.05, 3.63) is 42.0 Å². The third kappa shape index (κ3) is 1.30. The van der Waals surface area contributed by atoms with Gasteiger partial charge in [-0.1, -0.05) is 12.1 Å². The van der Waals surface area contributed by atoms with Crippen molar-refractivity contribution in [1.29, 1.82) is 0 Å². The number of rotatable bonds is 0. The van der Waals surface area contributed by atoms with Gasteiger partial charge in [0, 0.05) is 6.07 Å². The summed E-state index contributed by atoms with van der Waals surface area (Å²) in [5.74, 6) is 0. The van der Waals surface area contributed by atoms with Crippen molar-refractivity contribution in [1.82, 2.24) is 9.97 Å². The molecule has 0 aliphatic carbocycles. The Morgan fingerprint density at radius 3 is 2.93 bits per heavy atom. The van der Waals surface area contributed by atoms with E-state index in [0.29, 0.717) is 11.0 Å². The first-order valence-corrected chi connectivity index (χ1v) is 4.30. The van der Waals surface area contributed by atoms with Gasteiger partial charge in [-0.25, -0.2) is 4.98 Å². The lowest BCUT2D eigenvalue weighted by molar-refractivity contribution is -0.575. The number of para-hydroxylation sites is 1. The van der Waals surface area contributed by atoms with E-state index in [1.807, 2.05) is 18.2 Å². The summed E-state index contributed by atoms with van der Waals surface area (Å²) >= 11 is 0. The number of fused-ring (bicyclic) bond motifs is 3. The third-order valence-corrected chi connectivity index (χ3v) is 2.32. The minimum Gasteiger partial charge on any atom is -0.618 e. The van der Waals surface area contributed by atoms with Crippen molar-refractivity contribution >= 4 is 34.3 Å². The first-order chi connectivity index (χ1) is 6.86. The van der Waals surface area contributed by atoms with Gasteiger partial charge in [0.05, 0.1) is 17.2 Å². The fraction of sp³-hybridized carbons (Fsp3) is 0. The van der Waals surface area contributed by atoms with Gasteiger partial charge in [-0.2, -0.15) is 4.73 Å². The number of nitrogens with zero attached hydrogens (tertiary/aromatic N) is 2. The highest BCUT2D eigenvalue weighted by atomic mass is 35.5. The molecule has 5 heteroatoms. The number of aromatic amines is 1. The molecule has 2 aromatic heterocycles. The quantitative estimate of drug-likeness (QED) is 0.465. The van der Waals surface area contributed by atoms with Crippen molar-refractivity contribution in [2.24, 2.45) is 0 Å². The van der Waals surface area contributed by atoms with Crippen LogP contribution in [0.1, 0.15) is 0 Å². The van der Waals surface area contributed by atoms with Gasteiger partial charge in [0.2, 0.25) is 11.7 Å². The van der Waals surface area contributed by atoms with E-state index in [-0.39, 0.29) is 12.4 Å². The second kappa shape index (κ2) is 3.40. The number of hydrogen-bond donors (Lipinski definition) is 1. The van der Waals surface area contributed by atoms with E-state index < -0.39 is 0 Å². The second-order valence-electron chi connectivity index (χ2n) is 3.13. The Hall–Kier alpha value is -1.81. The minimum atomic E-state index is 0. The molecule has 0 fully saturated rings. The Balaban J connectivity index is 0.000000853. The highest BCUT2D eigenvalue weighted by Crippen LogP contribution is 2.18. The Morgan fingerprint density at radius 2 is 2.07 bits per heavy atom. The summed E-state index contributed by atoms with van der Waals surface area (Å²) < 4.78 is 0.846. The van der Waals surface area contributed by atoms with Crippen molar-refractivity contribution in [2.75, 3.05) is 0 Å². The van der Waals surface area contributed by atoms with Crippen molar-refractivity contribution in [3.8, 4) is 0 Å². The van der Waals surface area contributed by atoms with Crippen LogP contribution in [-0.4, -0.2) is 9.97 Å². The summed E-state index contributed by atoms with van der Waals surface area (Å²) in [6.45, 7) is 0. The average Bonchev–Trinajstić information content (AvgIpc) is 2.66. The van der Waals surface area contributed by atoms with Gasteiger partial charge in [-0.15, -0.1) is 12.4 Å². The number of H-pyrrole nitrogens is 1. The van der Waals surface area contributed by atoms with Gasteiger partial charge in [0.25, 0.3) is 0 Å². The molecule has 76 valence electrons. The van der Waals surface area contributed by atoms with Crippen LogP contribution in [0.4, 0.5) is 0 Å². The molecule has 0 saturated heterocycles. The van der Waals surface area contributed by atoms with E-state index in [4.69, 9.17) is 0 Å². The molecule has 0 spiro atoms. The monoisotopic (exact) mass is 221 g/mol. The average molecular weight is 222 g/mol. The topological polar surface area (TPSA) is 55.6 Å². The van der Waals surface area contributed by atoms with Gasteiger partial charge in [0.1, 0.15) is 0 Å². The van der Waals surface area contributed by atoms with E-state index in [1.165, 1.54) is 6.20 Å². The van der Waals surface area contributed by atoms with E-state index in [9.17, 15) is 5.21 Å².